The van der Waals surface area contributed by atoms with Crippen molar-refractivity contribution in [2.24, 2.45) is 0 Å². The van der Waals surface area contributed by atoms with E-state index in [1.807, 2.05) is 0 Å². The Labute approximate surface area is 388 Å². The highest BCUT2D eigenvalue weighted by Crippen LogP contribution is 2.17. The van der Waals surface area contributed by atoms with Crippen molar-refractivity contribution in [1.82, 2.24) is 5.32 Å². The van der Waals surface area contributed by atoms with Gasteiger partial charge in [-0.2, -0.15) is 0 Å². The van der Waals surface area contributed by atoms with E-state index in [9.17, 15) is 19.8 Å². The maximum Gasteiger partial charge on any atom is 0.306 e. The number of esters is 1. The van der Waals surface area contributed by atoms with E-state index < -0.39 is 18.2 Å². The third-order valence-corrected chi connectivity index (χ3v) is 11.2. The smallest absolute Gasteiger partial charge is 0.306 e. The third kappa shape index (κ3) is 45.2. The number of aliphatic hydroxyl groups excluding tert-OH is 2. The van der Waals surface area contributed by atoms with Crippen molar-refractivity contribution in [1.29, 1.82) is 0 Å². The van der Waals surface area contributed by atoms with Crippen LogP contribution in [0.5, 0.6) is 0 Å². The van der Waals surface area contributed by atoms with Crippen LogP contribution in [0, 0.1) is 0 Å². The zero-order valence-corrected chi connectivity index (χ0v) is 40.9. The highest BCUT2D eigenvalue weighted by Gasteiger charge is 2.24. The average molecular weight is 876 g/mol. The van der Waals surface area contributed by atoms with Crippen LogP contribution in [0.2, 0.25) is 0 Å². The molecule has 6 heteroatoms. The number of hydrogen-bond donors (Lipinski definition) is 3. The van der Waals surface area contributed by atoms with Gasteiger partial charge in [-0.1, -0.05) is 214 Å². The van der Waals surface area contributed by atoms with Gasteiger partial charge in [-0.25, -0.2) is 0 Å². The van der Waals surface area contributed by atoms with Crippen molar-refractivity contribution >= 4 is 11.9 Å². The van der Waals surface area contributed by atoms with Crippen molar-refractivity contribution in [3.8, 4) is 0 Å². The van der Waals surface area contributed by atoms with Crippen LogP contribution < -0.4 is 5.32 Å². The lowest BCUT2D eigenvalue weighted by Gasteiger charge is -2.24. The van der Waals surface area contributed by atoms with Gasteiger partial charge >= 0.3 is 5.97 Å². The maximum absolute atomic E-state index is 13.2. The van der Waals surface area contributed by atoms with Crippen LogP contribution in [0.15, 0.2) is 97.2 Å². The van der Waals surface area contributed by atoms with Crippen molar-refractivity contribution < 1.29 is 24.5 Å². The predicted molar refractivity (Wildman–Crippen MR) is 273 cm³/mol. The number of allylic oxidation sites excluding steroid dienone is 16. The van der Waals surface area contributed by atoms with Gasteiger partial charge in [-0.05, 0) is 96.3 Å². The first-order valence-corrected chi connectivity index (χ1v) is 26.0. The number of carbonyl (C=O) groups is 2. The molecule has 3 atom stereocenters. The van der Waals surface area contributed by atoms with Gasteiger partial charge in [0.1, 0.15) is 6.10 Å². The summed E-state index contributed by atoms with van der Waals surface area (Å²) < 4.78 is 5.90. The van der Waals surface area contributed by atoms with E-state index >= 15 is 0 Å². The first-order valence-electron chi connectivity index (χ1n) is 26.0. The summed E-state index contributed by atoms with van der Waals surface area (Å²) in [4.78, 5) is 26.1. The fourth-order valence-electron chi connectivity index (χ4n) is 7.30. The van der Waals surface area contributed by atoms with Crippen molar-refractivity contribution in [3.63, 3.8) is 0 Å². The van der Waals surface area contributed by atoms with E-state index in [2.05, 4.69) is 123 Å². The highest BCUT2D eigenvalue weighted by atomic mass is 16.5. The molecule has 0 spiro atoms. The van der Waals surface area contributed by atoms with Gasteiger partial charge in [0.15, 0.2) is 0 Å². The molecule has 0 radical (unpaired) electrons. The molecule has 0 rings (SSSR count). The molecule has 3 unspecified atom stereocenters. The van der Waals surface area contributed by atoms with E-state index in [1.165, 1.54) is 64.2 Å². The molecule has 6 nitrogen and oxygen atoms in total. The Morgan fingerprint density at radius 1 is 0.476 bits per heavy atom. The number of carbonyl (C=O) groups excluding carboxylic acids is 2. The fraction of sp³-hybridized carbons (Fsp3) is 0.684. The molecule has 0 bridgehead atoms. The van der Waals surface area contributed by atoms with Gasteiger partial charge in [-0.3, -0.25) is 9.59 Å². The zero-order chi connectivity index (χ0) is 45.9. The zero-order valence-electron chi connectivity index (χ0n) is 40.9. The molecule has 0 heterocycles. The lowest BCUT2D eigenvalue weighted by molar-refractivity contribution is -0.151. The molecular weight excluding hydrogens is 779 g/mol. The summed E-state index contributed by atoms with van der Waals surface area (Å²) >= 11 is 0. The van der Waals surface area contributed by atoms with Crippen molar-refractivity contribution in [3.05, 3.63) is 97.2 Å². The van der Waals surface area contributed by atoms with Crippen LogP contribution in [0.25, 0.3) is 0 Å². The molecule has 3 N–H and O–H groups in total. The first-order chi connectivity index (χ1) is 31.0. The lowest BCUT2D eigenvalue weighted by Crippen LogP contribution is -2.46. The fourth-order valence-corrected chi connectivity index (χ4v) is 7.30. The van der Waals surface area contributed by atoms with Crippen molar-refractivity contribution in [2.45, 2.75) is 244 Å². The number of rotatable bonds is 45. The maximum atomic E-state index is 13.2. The van der Waals surface area contributed by atoms with E-state index in [0.29, 0.717) is 25.7 Å². The number of nitrogens with one attached hydrogen (secondary N) is 1. The van der Waals surface area contributed by atoms with Gasteiger partial charge in [0.2, 0.25) is 5.91 Å². The van der Waals surface area contributed by atoms with Crippen LogP contribution in [0.4, 0.5) is 0 Å². The summed E-state index contributed by atoms with van der Waals surface area (Å²) in [5.41, 5.74) is 0. The summed E-state index contributed by atoms with van der Waals surface area (Å²) in [7, 11) is 0. The monoisotopic (exact) mass is 876 g/mol. The summed E-state index contributed by atoms with van der Waals surface area (Å²) in [6, 6.07) is -0.726. The predicted octanol–water partition coefficient (Wildman–Crippen LogP) is 15.7. The summed E-state index contributed by atoms with van der Waals surface area (Å²) in [6.45, 7) is 6.23. The van der Waals surface area contributed by atoms with E-state index in [0.717, 1.165) is 109 Å². The first kappa shape index (κ1) is 59.8. The van der Waals surface area contributed by atoms with Gasteiger partial charge in [0, 0.05) is 6.42 Å². The Kier molecular flexibility index (Phi) is 47.2. The quantitative estimate of drug-likeness (QED) is 0.0322. The van der Waals surface area contributed by atoms with Crippen LogP contribution >= 0.6 is 0 Å². The SMILES string of the molecule is CC/C=C\C/C=C\C/C=C\C/C=C\C/C=C\CCCC(=O)OC(CCCCCC/C=C/C/C=C/C/C=C/CC)CC(=O)NC(CO)C(O)CCCCCCCCCCCCCCC. The average Bonchev–Trinajstić information content (AvgIpc) is 3.28. The number of ether oxygens (including phenoxy) is 1. The Hall–Kier alpha value is -3.22. The van der Waals surface area contributed by atoms with Crippen LogP contribution in [-0.2, 0) is 14.3 Å². The molecule has 0 aromatic heterocycles. The lowest BCUT2D eigenvalue weighted by atomic mass is 10.0. The minimum atomic E-state index is -0.809. The van der Waals surface area contributed by atoms with Crippen LogP contribution in [0.3, 0.4) is 0 Å². The molecule has 360 valence electrons. The standard InChI is InChI=1S/C57H97NO5/c1-4-7-10-13-16-19-22-25-27-28-29-32-35-38-41-44-47-50-57(62)63-53(48-45-42-39-36-33-31-26-23-20-17-14-11-8-5-2)51-56(61)58-54(52-59)55(60)49-46-43-40-37-34-30-24-21-18-15-12-9-6-3/h7-8,10-11,16-17,19-20,25-27,29,31-32,38,41,53-55,59-60H,4-6,9,12-15,18,21-24,28,30,33-37,39-40,42-52H2,1-3H3,(H,58,61)/b10-7-,11-8+,19-16-,20-17+,27-25-,31-26+,32-29-,41-38-. The Morgan fingerprint density at radius 3 is 1.30 bits per heavy atom. The van der Waals surface area contributed by atoms with E-state index in [1.54, 1.807) is 0 Å². The molecular formula is C57H97NO5. The second-order valence-electron chi connectivity index (χ2n) is 17.2. The summed E-state index contributed by atoms with van der Waals surface area (Å²) in [5.74, 6) is -0.572. The number of hydrogen-bond acceptors (Lipinski definition) is 5. The molecule has 0 saturated carbocycles. The normalized spacial score (nSPS) is 14.0. The van der Waals surface area contributed by atoms with Gasteiger partial charge < -0.3 is 20.3 Å². The number of aliphatic hydroxyl groups is 2. The molecule has 0 aromatic rings. The minimum Gasteiger partial charge on any atom is -0.462 e. The summed E-state index contributed by atoms with van der Waals surface area (Å²) in [5, 5.41) is 23.8. The minimum absolute atomic E-state index is 0.0347. The molecule has 0 saturated heterocycles. The third-order valence-electron chi connectivity index (χ3n) is 11.2. The van der Waals surface area contributed by atoms with Gasteiger partial charge in [0.05, 0.1) is 25.2 Å². The Balaban J connectivity index is 4.72. The van der Waals surface area contributed by atoms with E-state index in [4.69, 9.17) is 4.74 Å². The van der Waals surface area contributed by atoms with Crippen LogP contribution in [-0.4, -0.2) is 46.9 Å². The Morgan fingerprint density at radius 2 is 0.857 bits per heavy atom. The molecule has 63 heavy (non-hydrogen) atoms. The molecule has 1 amide bonds. The van der Waals surface area contributed by atoms with Crippen molar-refractivity contribution in [2.75, 3.05) is 6.61 Å². The number of amides is 1. The summed E-state index contributed by atoms with van der Waals surface area (Å²) in [6.07, 6.45) is 66.1. The molecule has 0 aliphatic heterocycles. The highest BCUT2D eigenvalue weighted by molar-refractivity contribution is 5.77. The molecule has 0 aliphatic carbocycles. The molecule has 0 aromatic carbocycles. The molecule has 0 aliphatic rings. The second-order valence-corrected chi connectivity index (χ2v) is 17.2. The second kappa shape index (κ2) is 49.8. The van der Waals surface area contributed by atoms with Gasteiger partial charge in [-0.15, -0.1) is 0 Å². The van der Waals surface area contributed by atoms with Gasteiger partial charge in [0.25, 0.3) is 0 Å². The number of unbranched alkanes of at least 4 members (excludes halogenated alkanes) is 17. The van der Waals surface area contributed by atoms with Crippen LogP contribution in [0.1, 0.15) is 226 Å². The van der Waals surface area contributed by atoms with E-state index in [-0.39, 0.29) is 24.9 Å². The Bertz CT molecular complexity index is 1260. The largest absolute Gasteiger partial charge is 0.462 e. The molecule has 0 fully saturated rings. The topological polar surface area (TPSA) is 95.9 Å².